The van der Waals surface area contributed by atoms with Crippen molar-refractivity contribution in [3.05, 3.63) is 16.6 Å². The number of nitrogens with one attached hydrogen (secondary N) is 1. The molecule has 8 heteroatoms. The maximum absolute atomic E-state index is 12.4. The number of ether oxygens (including phenoxy) is 1. The molecule has 0 radical (unpaired) electrons. The van der Waals surface area contributed by atoms with E-state index in [2.05, 4.69) is 20.7 Å². The van der Waals surface area contributed by atoms with Crippen molar-refractivity contribution >= 4 is 43.4 Å². The van der Waals surface area contributed by atoms with Crippen LogP contribution in [-0.4, -0.2) is 33.6 Å². The summed E-state index contributed by atoms with van der Waals surface area (Å²) in [6.07, 6.45) is 2.66. The second-order valence-electron chi connectivity index (χ2n) is 4.21. The predicted molar refractivity (Wildman–Crippen MR) is 87.9 cm³/mol. The molecule has 0 aromatic heterocycles. The van der Waals surface area contributed by atoms with Crippen molar-refractivity contribution in [3.8, 4) is 5.75 Å². The van der Waals surface area contributed by atoms with E-state index >= 15 is 0 Å². The summed E-state index contributed by atoms with van der Waals surface area (Å²) in [6, 6.07) is 2.83. The average molecular weight is 383 g/mol. The summed E-state index contributed by atoms with van der Waals surface area (Å²) < 4.78 is 33.3. The van der Waals surface area contributed by atoms with E-state index in [1.807, 2.05) is 13.2 Å². The summed E-state index contributed by atoms with van der Waals surface area (Å²) in [6.45, 7) is 1.94. The molecule has 114 valence electrons. The summed E-state index contributed by atoms with van der Waals surface area (Å²) in [5, 5.41) is 0. The van der Waals surface area contributed by atoms with E-state index < -0.39 is 10.0 Å². The Bertz CT molecular complexity index is 564. The second-order valence-corrected chi connectivity index (χ2v) is 7.65. The number of hydrogen-bond acceptors (Lipinski definition) is 5. The molecular formula is C12H19BrN2O3S2. The molecule has 0 aliphatic heterocycles. The zero-order chi connectivity index (χ0) is 15.3. The molecular weight excluding hydrogens is 364 g/mol. The van der Waals surface area contributed by atoms with E-state index in [0.29, 0.717) is 22.3 Å². The van der Waals surface area contributed by atoms with Gasteiger partial charge in [-0.25, -0.2) is 13.1 Å². The van der Waals surface area contributed by atoms with Crippen molar-refractivity contribution in [1.82, 2.24) is 4.72 Å². The first-order valence-corrected chi connectivity index (χ1v) is 9.67. The monoisotopic (exact) mass is 382 g/mol. The fourth-order valence-electron chi connectivity index (χ4n) is 1.64. The number of nitrogen functional groups attached to an aromatic ring is 1. The largest absolute Gasteiger partial charge is 0.495 e. The smallest absolute Gasteiger partial charge is 0.244 e. The molecule has 1 aromatic rings. The van der Waals surface area contributed by atoms with Gasteiger partial charge in [0.05, 0.1) is 7.11 Å². The fourth-order valence-corrected chi connectivity index (χ4v) is 4.29. The van der Waals surface area contributed by atoms with E-state index in [-0.39, 0.29) is 16.7 Å². The van der Waals surface area contributed by atoms with Gasteiger partial charge < -0.3 is 10.5 Å². The summed E-state index contributed by atoms with van der Waals surface area (Å²) >= 11 is 4.85. The number of sulfonamides is 1. The van der Waals surface area contributed by atoms with Gasteiger partial charge in [-0.2, -0.15) is 11.8 Å². The van der Waals surface area contributed by atoms with Crippen molar-refractivity contribution in [2.24, 2.45) is 0 Å². The molecule has 1 rings (SSSR count). The number of thioether (sulfide) groups is 1. The lowest BCUT2D eigenvalue weighted by Gasteiger charge is -2.18. The molecule has 0 aliphatic carbocycles. The topological polar surface area (TPSA) is 81.4 Å². The summed E-state index contributed by atoms with van der Waals surface area (Å²) in [5.41, 5.74) is 6.12. The molecule has 0 spiro atoms. The first-order chi connectivity index (χ1) is 9.35. The lowest BCUT2D eigenvalue weighted by Crippen LogP contribution is -2.36. The minimum atomic E-state index is -3.66. The Balaban J connectivity index is 3.17. The number of benzene rings is 1. The Morgan fingerprint density at radius 3 is 2.65 bits per heavy atom. The van der Waals surface area contributed by atoms with Gasteiger partial charge in [0.25, 0.3) is 0 Å². The van der Waals surface area contributed by atoms with Crippen molar-refractivity contribution in [2.75, 3.05) is 24.9 Å². The van der Waals surface area contributed by atoms with Gasteiger partial charge in [0.1, 0.15) is 10.6 Å². The molecule has 3 N–H and O–H groups in total. The van der Waals surface area contributed by atoms with Crippen LogP contribution in [0.15, 0.2) is 21.5 Å². The fraction of sp³-hybridized carbons (Fsp3) is 0.500. The maximum atomic E-state index is 12.4. The molecule has 20 heavy (non-hydrogen) atoms. The van der Waals surface area contributed by atoms with Crippen molar-refractivity contribution in [1.29, 1.82) is 0 Å². The van der Waals surface area contributed by atoms with Crippen LogP contribution >= 0.6 is 27.7 Å². The molecule has 1 aromatic carbocycles. The third-order valence-electron chi connectivity index (χ3n) is 2.75. The third-order valence-corrected chi connectivity index (χ3v) is 5.72. The molecule has 0 saturated carbocycles. The molecule has 0 aliphatic rings. The van der Waals surface area contributed by atoms with E-state index in [1.165, 1.54) is 13.2 Å². The van der Waals surface area contributed by atoms with Crippen LogP contribution in [-0.2, 0) is 10.0 Å². The Hall–Kier alpha value is -0.440. The first-order valence-electron chi connectivity index (χ1n) is 6.00. The van der Waals surface area contributed by atoms with Gasteiger partial charge >= 0.3 is 0 Å². The molecule has 0 bridgehead atoms. The van der Waals surface area contributed by atoms with Crippen LogP contribution in [0, 0.1) is 0 Å². The highest BCUT2D eigenvalue weighted by atomic mass is 79.9. The first kappa shape index (κ1) is 17.6. The molecule has 0 heterocycles. The van der Waals surface area contributed by atoms with Crippen LogP contribution in [0.4, 0.5) is 5.69 Å². The van der Waals surface area contributed by atoms with Crippen molar-refractivity contribution in [2.45, 2.75) is 24.3 Å². The Morgan fingerprint density at radius 2 is 2.15 bits per heavy atom. The number of hydrogen-bond donors (Lipinski definition) is 2. The zero-order valence-corrected chi connectivity index (χ0v) is 14.9. The SMILES string of the molecule is CCC(CSC)NS(=O)(=O)c1cc(N)c(Br)cc1OC. The van der Waals surface area contributed by atoms with Gasteiger partial charge in [0, 0.05) is 22.0 Å². The van der Waals surface area contributed by atoms with E-state index in [0.717, 1.165) is 0 Å². The molecule has 0 amide bonds. The number of methoxy groups -OCH3 is 1. The van der Waals surface area contributed by atoms with Crippen LogP contribution in [0.2, 0.25) is 0 Å². The maximum Gasteiger partial charge on any atom is 0.244 e. The van der Waals surface area contributed by atoms with Crippen molar-refractivity contribution < 1.29 is 13.2 Å². The predicted octanol–water partition coefficient (Wildman–Crippen LogP) is 2.46. The van der Waals surface area contributed by atoms with E-state index in [4.69, 9.17) is 10.5 Å². The third kappa shape index (κ3) is 4.28. The van der Waals surface area contributed by atoms with E-state index in [9.17, 15) is 8.42 Å². The standard InChI is InChI=1S/C12H19BrN2O3S2/c1-4-8(7-19-3)15-20(16,17)12-6-10(14)9(13)5-11(12)18-2/h5-6,8,15H,4,7,14H2,1-3H3. The van der Waals surface area contributed by atoms with Crippen LogP contribution in [0.5, 0.6) is 5.75 Å². The van der Waals surface area contributed by atoms with Gasteiger partial charge in [-0.3, -0.25) is 0 Å². The normalized spacial score (nSPS) is 13.2. The quantitative estimate of drug-likeness (QED) is 0.707. The van der Waals surface area contributed by atoms with Crippen molar-refractivity contribution in [3.63, 3.8) is 0 Å². The Labute approximate surface area is 132 Å². The van der Waals surface area contributed by atoms with Gasteiger partial charge in [-0.1, -0.05) is 6.92 Å². The average Bonchev–Trinajstić information content (AvgIpc) is 2.40. The van der Waals surface area contributed by atoms with Gasteiger partial charge in [0.2, 0.25) is 10.0 Å². The van der Waals surface area contributed by atoms with Crippen LogP contribution in [0.1, 0.15) is 13.3 Å². The highest BCUT2D eigenvalue weighted by Crippen LogP contribution is 2.32. The zero-order valence-electron chi connectivity index (χ0n) is 11.6. The molecule has 0 saturated heterocycles. The minimum Gasteiger partial charge on any atom is -0.495 e. The lowest BCUT2D eigenvalue weighted by atomic mass is 10.3. The van der Waals surface area contributed by atoms with E-state index in [1.54, 1.807) is 17.8 Å². The minimum absolute atomic E-state index is 0.0558. The molecule has 1 unspecified atom stereocenters. The van der Waals surface area contributed by atoms with Gasteiger partial charge in [-0.15, -0.1) is 0 Å². The Morgan fingerprint density at radius 1 is 1.50 bits per heavy atom. The summed E-state index contributed by atoms with van der Waals surface area (Å²) in [4.78, 5) is 0.0558. The lowest BCUT2D eigenvalue weighted by molar-refractivity contribution is 0.402. The number of anilines is 1. The van der Waals surface area contributed by atoms with Crippen LogP contribution in [0.3, 0.4) is 0 Å². The summed E-state index contributed by atoms with van der Waals surface area (Å²) in [7, 11) is -2.24. The molecule has 5 nitrogen and oxygen atoms in total. The highest BCUT2D eigenvalue weighted by molar-refractivity contribution is 9.10. The number of nitrogens with two attached hydrogens (primary N) is 1. The highest BCUT2D eigenvalue weighted by Gasteiger charge is 2.24. The molecule has 1 atom stereocenters. The van der Waals surface area contributed by atoms with Crippen LogP contribution in [0.25, 0.3) is 0 Å². The second kappa shape index (κ2) is 7.53. The Kier molecular flexibility index (Phi) is 6.63. The summed E-state index contributed by atoms with van der Waals surface area (Å²) in [5.74, 6) is 0.974. The molecule has 0 fully saturated rings. The van der Waals surface area contributed by atoms with Gasteiger partial charge in [0.15, 0.2) is 0 Å². The van der Waals surface area contributed by atoms with Gasteiger partial charge in [-0.05, 0) is 40.7 Å². The van der Waals surface area contributed by atoms with Crippen LogP contribution < -0.4 is 15.2 Å². The number of halogens is 1. The number of rotatable bonds is 7.